The van der Waals surface area contributed by atoms with Crippen LogP contribution in [-0.4, -0.2) is 31.1 Å². The molecule has 8 heteroatoms. The third kappa shape index (κ3) is 4.44. The van der Waals surface area contributed by atoms with Gasteiger partial charge in [-0.15, -0.1) is 10.2 Å². The quantitative estimate of drug-likeness (QED) is 0.583. The van der Waals surface area contributed by atoms with Crippen LogP contribution in [0.1, 0.15) is 44.4 Å². The van der Waals surface area contributed by atoms with Crippen molar-refractivity contribution in [2.24, 2.45) is 0 Å². The van der Waals surface area contributed by atoms with Crippen LogP contribution in [0.4, 0.5) is 5.82 Å². The highest BCUT2D eigenvalue weighted by Gasteiger charge is 2.20. The van der Waals surface area contributed by atoms with Gasteiger partial charge in [0.25, 0.3) is 5.22 Å². The van der Waals surface area contributed by atoms with E-state index in [9.17, 15) is 4.79 Å². The molecule has 3 rings (SSSR count). The minimum Gasteiger partial charge on any atom is -0.411 e. The molecular formula is C20H25N5O2S. The number of hydrogen-bond donors (Lipinski definition) is 1. The molecule has 0 bridgehead atoms. The number of carbonyl (C=O) groups excluding carboxylic acids is 1. The summed E-state index contributed by atoms with van der Waals surface area (Å²) >= 11 is 1.23. The number of amides is 1. The number of aromatic nitrogens is 4. The van der Waals surface area contributed by atoms with Crippen molar-refractivity contribution in [3.8, 4) is 11.5 Å². The lowest BCUT2D eigenvalue weighted by atomic mass is 10.1. The number of carbonyl (C=O) groups is 1. The van der Waals surface area contributed by atoms with Crippen LogP contribution >= 0.6 is 11.8 Å². The lowest BCUT2D eigenvalue weighted by Crippen LogP contribution is -2.24. The Balaban J connectivity index is 1.66. The zero-order chi connectivity index (χ0) is 20.3. The van der Waals surface area contributed by atoms with Gasteiger partial charge in [-0.1, -0.05) is 24.8 Å². The maximum Gasteiger partial charge on any atom is 0.277 e. The topological polar surface area (TPSA) is 85.8 Å². The monoisotopic (exact) mass is 399 g/mol. The minimum atomic E-state index is -0.395. The van der Waals surface area contributed by atoms with Crippen LogP contribution in [0.2, 0.25) is 0 Å². The molecule has 0 saturated carbocycles. The summed E-state index contributed by atoms with van der Waals surface area (Å²) in [4.78, 5) is 12.6. The minimum absolute atomic E-state index is 0.138. The summed E-state index contributed by atoms with van der Waals surface area (Å²) in [5.41, 5.74) is 3.24. The van der Waals surface area contributed by atoms with Gasteiger partial charge in [-0.2, -0.15) is 5.10 Å². The smallest absolute Gasteiger partial charge is 0.277 e. The van der Waals surface area contributed by atoms with Crippen LogP contribution in [0.3, 0.4) is 0 Å². The maximum absolute atomic E-state index is 12.6. The Hall–Kier alpha value is -2.61. The second-order valence-corrected chi connectivity index (χ2v) is 8.13. The molecule has 0 spiro atoms. The van der Waals surface area contributed by atoms with Crippen molar-refractivity contribution in [3.63, 3.8) is 0 Å². The average Bonchev–Trinajstić information content (AvgIpc) is 3.33. The van der Waals surface area contributed by atoms with E-state index >= 15 is 0 Å². The van der Waals surface area contributed by atoms with Gasteiger partial charge in [0.05, 0.1) is 17.5 Å². The molecule has 2 atom stereocenters. The number of thioether (sulfide) groups is 1. The molecule has 0 saturated heterocycles. The van der Waals surface area contributed by atoms with E-state index < -0.39 is 5.25 Å². The van der Waals surface area contributed by atoms with Gasteiger partial charge in [0.1, 0.15) is 5.82 Å². The first-order chi connectivity index (χ1) is 13.4. The zero-order valence-corrected chi connectivity index (χ0v) is 17.6. The molecule has 0 aliphatic rings. The molecular weight excluding hydrogens is 374 g/mol. The van der Waals surface area contributed by atoms with Crippen molar-refractivity contribution < 1.29 is 9.21 Å². The molecule has 28 heavy (non-hydrogen) atoms. The van der Waals surface area contributed by atoms with Crippen molar-refractivity contribution in [2.75, 3.05) is 5.32 Å². The predicted molar refractivity (Wildman–Crippen MR) is 110 cm³/mol. The van der Waals surface area contributed by atoms with Crippen molar-refractivity contribution >= 4 is 23.5 Å². The van der Waals surface area contributed by atoms with E-state index in [1.165, 1.54) is 17.3 Å². The summed E-state index contributed by atoms with van der Waals surface area (Å²) in [6.07, 6.45) is 2.62. The van der Waals surface area contributed by atoms with Gasteiger partial charge in [0, 0.05) is 11.6 Å². The van der Waals surface area contributed by atoms with E-state index in [2.05, 4.69) is 41.4 Å². The van der Waals surface area contributed by atoms with Gasteiger partial charge < -0.3 is 9.73 Å². The molecule has 1 aromatic carbocycles. The normalized spacial score (nSPS) is 13.3. The fourth-order valence-corrected chi connectivity index (χ4v) is 3.30. The number of hydrogen-bond acceptors (Lipinski definition) is 6. The van der Waals surface area contributed by atoms with Crippen LogP contribution < -0.4 is 5.32 Å². The van der Waals surface area contributed by atoms with E-state index in [4.69, 9.17) is 4.42 Å². The fraction of sp³-hybridized carbons (Fsp3) is 0.400. The lowest BCUT2D eigenvalue weighted by molar-refractivity contribution is -0.115. The van der Waals surface area contributed by atoms with Crippen LogP contribution in [-0.2, 0) is 4.79 Å². The number of anilines is 1. The van der Waals surface area contributed by atoms with E-state index in [-0.39, 0.29) is 11.9 Å². The molecule has 2 aromatic heterocycles. The van der Waals surface area contributed by atoms with Crippen molar-refractivity contribution in [1.82, 2.24) is 20.0 Å². The van der Waals surface area contributed by atoms with Crippen LogP contribution in [0.5, 0.6) is 0 Å². The number of nitrogens with zero attached hydrogens (tertiary/aromatic N) is 4. The number of aryl methyl sites for hydroxylation is 2. The number of benzene rings is 1. The highest BCUT2D eigenvalue weighted by molar-refractivity contribution is 8.00. The summed E-state index contributed by atoms with van der Waals surface area (Å²) in [7, 11) is 0. The Kier molecular flexibility index (Phi) is 6.18. The van der Waals surface area contributed by atoms with Crippen molar-refractivity contribution in [2.45, 2.75) is 57.6 Å². The van der Waals surface area contributed by atoms with Gasteiger partial charge in [-0.05, 0) is 57.4 Å². The molecule has 0 unspecified atom stereocenters. The third-order valence-electron chi connectivity index (χ3n) is 4.74. The first-order valence-electron chi connectivity index (χ1n) is 9.31. The van der Waals surface area contributed by atoms with E-state index in [1.54, 1.807) is 12.3 Å². The molecule has 0 aliphatic heterocycles. The summed E-state index contributed by atoms with van der Waals surface area (Å²) < 4.78 is 7.56. The Morgan fingerprint density at radius 3 is 2.71 bits per heavy atom. The summed E-state index contributed by atoms with van der Waals surface area (Å²) in [6.45, 7) is 10.1. The summed E-state index contributed by atoms with van der Waals surface area (Å²) in [5, 5.41) is 15.4. The summed E-state index contributed by atoms with van der Waals surface area (Å²) in [5.74, 6) is 1.00. The highest BCUT2D eigenvalue weighted by atomic mass is 32.2. The molecule has 0 fully saturated rings. The number of rotatable bonds is 7. The van der Waals surface area contributed by atoms with Gasteiger partial charge in [0.15, 0.2) is 0 Å². The lowest BCUT2D eigenvalue weighted by Gasteiger charge is -2.15. The van der Waals surface area contributed by atoms with Crippen molar-refractivity contribution in [3.05, 3.63) is 41.6 Å². The average molecular weight is 400 g/mol. The standard InChI is InChI=1S/C20H25N5O2S/c1-6-14(4)25-17(9-10-21-25)22-18(26)15(5)28-20-24-23-19(27-20)16-8-7-12(2)13(3)11-16/h7-11,14-15H,6H2,1-5H3,(H,22,26)/t14-,15+/m0/s1. The molecule has 1 N–H and O–H groups in total. The third-order valence-corrected chi connectivity index (χ3v) is 5.67. The SMILES string of the molecule is CC[C@H](C)n1nccc1NC(=O)[C@@H](C)Sc1nnc(-c2ccc(C)c(C)c2)o1. The molecule has 0 radical (unpaired) electrons. The van der Waals surface area contributed by atoms with Crippen molar-refractivity contribution in [1.29, 1.82) is 0 Å². The highest BCUT2D eigenvalue weighted by Crippen LogP contribution is 2.28. The molecule has 7 nitrogen and oxygen atoms in total. The zero-order valence-electron chi connectivity index (χ0n) is 16.8. The largest absolute Gasteiger partial charge is 0.411 e. The Bertz CT molecular complexity index is 965. The summed E-state index contributed by atoms with van der Waals surface area (Å²) in [6, 6.07) is 8.01. The Morgan fingerprint density at radius 2 is 2.00 bits per heavy atom. The second kappa shape index (κ2) is 8.60. The molecule has 0 aliphatic carbocycles. The Labute approximate surface area is 168 Å². The molecule has 3 aromatic rings. The van der Waals surface area contributed by atoms with E-state index in [0.29, 0.717) is 16.9 Å². The molecule has 1 amide bonds. The second-order valence-electron chi connectivity index (χ2n) is 6.84. The van der Waals surface area contributed by atoms with Crippen LogP contribution in [0.25, 0.3) is 11.5 Å². The predicted octanol–water partition coefficient (Wildman–Crippen LogP) is 4.64. The van der Waals surface area contributed by atoms with Gasteiger partial charge in [-0.3, -0.25) is 4.79 Å². The molecule has 2 heterocycles. The maximum atomic E-state index is 12.6. The van der Waals surface area contributed by atoms with E-state index in [1.807, 2.05) is 36.7 Å². The fourth-order valence-electron chi connectivity index (χ4n) is 2.62. The van der Waals surface area contributed by atoms with Gasteiger partial charge in [-0.25, -0.2) is 4.68 Å². The first kappa shape index (κ1) is 20.1. The number of nitrogens with one attached hydrogen (secondary N) is 1. The van der Waals surface area contributed by atoms with Gasteiger partial charge >= 0.3 is 0 Å². The Morgan fingerprint density at radius 1 is 1.21 bits per heavy atom. The first-order valence-corrected chi connectivity index (χ1v) is 10.2. The van der Waals surface area contributed by atoms with Crippen LogP contribution in [0.15, 0.2) is 40.1 Å². The van der Waals surface area contributed by atoms with Crippen LogP contribution in [0, 0.1) is 13.8 Å². The van der Waals surface area contributed by atoms with Gasteiger partial charge in [0.2, 0.25) is 11.8 Å². The van der Waals surface area contributed by atoms with E-state index in [0.717, 1.165) is 17.5 Å². The molecule has 148 valence electrons.